The molecule has 0 saturated carbocycles. The molecular weight excluding hydrogens is 718 g/mol. The molecule has 0 fully saturated rings. The minimum Gasteiger partial charge on any atom is -1.00 e. The van der Waals surface area contributed by atoms with Gasteiger partial charge in [0, 0.05) is 0 Å². The number of rotatable bonds is 2. The minimum atomic E-state index is 0. The van der Waals surface area contributed by atoms with Crippen molar-refractivity contribution in [3.05, 3.63) is 143 Å². The molecule has 0 aliphatic heterocycles. The molecule has 0 radical (unpaired) electrons. The van der Waals surface area contributed by atoms with Crippen molar-refractivity contribution in [1.29, 1.82) is 0 Å². The Morgan fingerprint density at radius 1 is 0.619 bits per heavy atom. The molecule has 3 heteroatoms. The molecule has 0 N–H and O–H groups in total. The van der Waals surface area contributed by atoms with Gasteiger partial charge in [0.05, 0.1) is 0 Å². The van der Waals surface area contributed by atoms with Gasteiger partial charge in [0.15, 0.2) is 0 Å². The van der Waals surface area contributed by atoms with Gasteiger partial charge < -0.3 is 24.8 Å². The molecule has 5 aromatic rings. The van der Waals surface area contributed by atoms with Gasteiger partial charge in [-0.25, -0.2) is 0 Å². The Morgan fingerprint density at radius 2 is 1.17 bits per heavy atom. The fourth-order valence-electron chi connectivity index (χ4n) is 5.31. The molecule has 1 aliphatic rings. The summed E-state index contributed by atoms with van der Waals surface area (Å²) in [6.45, 7) is 16.0. The molecule has 1 unspecified atom stereocenters. The quantitative estimate of drug-likeness (QED) is 0.179. The first-order chi connectivity index (χ1) is 18.5. The van der Waals surface area contributed by atoms with Crippen LogP contribution in [0, 0.1) is 6.08 Å². The van der Waals surface area contributed by atoms with Crippen molar-refractivity contribution in [3.8, 4) is 11.1 Å². The van der Waals surface area contributed by atoms with Crippen molar-refractivity contribution in [3.63, 3.8) is 0 Å². The van der Waals surface area contributed by atoms with E-state index < -0.39 is 0 Å². The Balaban J connectivity index is 0.000000288. The van der Waals surface area contributed by atoms with Gasteiger partial charge in [0.1, 0.15) is 0 Å². The van der Waals surface area contributed by atoms with Gasteiger partial charge in [0.25, 0.3) is 0 Å². The number of hydrogen-bond acceptors (Lipinski definition) is 0. The van der Waals surface area contributed by atoms with Crippen LogP contribution in [-0.2, 0) is 36.7 Å². The van der Waals surface area contributed by atoms with Gasteiger partial charge in [0.2, 0.25) is 0 Å². The van der Waals surface area contributed by atoms with Gasteiger partial charge in [-0.15, -0.1) is 75.5 Å². The largest absolute Gasteiger partial charge is 4.00 e. The molecule has 214 valence electrons. The van der Waals surface area contributed by atoms with Crippen molar-refractivity contribution in [2.75, 3.05) is 0 Å². The van der Waals surface area contributed by atoms with Gasteiger partial charge >= 0.3 is 25.8 Å². The summed E-state index contributed by atoms with van der Waals surface area (Å²) in [6, 6.07) is 39.4. The molecule has 1 aliphatic carbocycles. The first-order valence-electron chi connectivity index (χ1n) is 14.1. The van der Waals surface area contributed by atoms with E-state index in [0.717, 1.165) is 0 Å². The molecule has 0 spiro atoms. The van der Waals surface area contributed by atoms with Crippen molar-refractivity contribution in [2.45, 2.75) is 65.2 Å². The van der Waals surface area contributed by atoms with E-state index in [0.29, 0.717) is 5.92 Å². The number of halogens is 2. The van der Waals surface area contributed by atoms with Crippen LogP contribution in [0.2, 0.25) is 0 Å². The summed E-state index contributed by atoms with van der Waals surface area (Å²) >= 11 is 0. The van der Waals surface area contributed by atoms with E-state index in [4.69, 9.17) is 0 Å². The van der Waals surface area contributed by atoms with Crippen molar-refractivity contribution < 1.29 is 50.7 Å². The van der Waals surface area contributed by atoms with Crippen molar-refractivity contribution in [2.24, 2.45) is 0 Å². The molecule has 0 heterocycles. The first-order valence-corrected chi connectivity index (χ1v) is 14.1. The Labute approximate surface area is 284 Å². The van der Waals surface area contributed by atoms with Gasteiger partial charge in [-0.1, -0.05) is 132 Å². The van der Waals surface area contributed by atoms with E-state index in [1.54, 1.807) is 0 Å². The molecule has 42 heavy (non-hydrogen) atoms. The number of allylic oxidation sites excluding steroid dienone is 1. The maximum Gasteiger partial charge on any atom is 4.00 e. The molecule has 0 saturated heterocycles. The zero-order chi connectivity index (χ0) is 27.8. The Kier molecular flexibility index (Phi) is 12.3. The second-order valence-electron chi connectivity index (χ2n) is 12.9. The summed E-state index contributed by atoms with van der Waals surface area (Å²) in [6.07, 6.45) is 3.52. The number of hydrogen-bond donors (Lipinski definition) is 0. The van der Waals surface area contributed by atoms with Crippen molar-refractivity contribution in [1.82, 2.24) is 0 Å². The van der Waals surface area contributed by atoms with Crippen LogP contribution in [-0.4, -0.2) is 0 Å². The summed E-state index contributed by atoms with van der Waals surface area (Å²) in [7, 11) is 0. The summed E-state index contributed by atoms with van der Waals surface area (Å²) in [4.78, 5) is 0. The van der Waals surface area contributed by atoms with Crippen molar-refractivity contribution >= 4 is 16.3 Å². The fraction of sp³-hybridized carbons (Fsp3) is 0.256. The maximum atomic E-state index is 3.52. The van der Waals surface area contributed by atoms with Crippen LogP contribution in [0.15, 0.2) is 109 Å². The van der Waals surface area contributed by atoms with Crippen LogP contribution in [0.1, 0.15) is 82.2 Å². The van der Waals surface area contributed by atoms with E-state index in [-0.39, 0.29) is 61.5 Å². The normalized spacial score (nSPS) is 13.9. The average molecular weight is 758 g/mol. The van der Waals surface area contributed by atoms with Gasteiger partial charge in [-0.2, -0.15) is 0 Å². The topological polar surface area (TPSA) is 0 Å². The summed E-state index contributed by atoms with van der Waals surface area (Å²) < 4.78 is 0. The third-order valence-electron chi connectivity index (χ3n) is 7.83. The van der Waals surface area contributed by atoms with Crippen LogP contribution in [0.3, 0.4) is 0 Å². The van der Waals surface area contributed by atoms with E-state index in [1.807, 2.05) is 0 Å². The van der Waals surface area contributed by atoms with Crippen LogP contribution in [0.25, 0.3) is 27.5 Å². The molecule has 6 rings (SSSR count). The molecule has 5 aromatic carbocycles. The molecule has 0 bridgehead atoms. The molecular formula is C39H40Cl2Hf. The van der Waals surface area contributed by atoms with Crippen LogP contribution in [0.5, 0.6) is 0 Å². The predicted octanol–water partition coefficient (Wildman–Crippen LogP) is 4.86. The van der Waals surface area contributed by atoms with E-state index >= 15 is 0 Å². The monoisotopic (exact) mass is 758 g/mol. The zero-order valence-corrected chi connectivity index (χ0v) is 30.8. The van der Waals surface area contributed by atoms with Crippen LogP contribution >= 0.6 is 0 Å². The standard InChI is InChI=1S/C23H27.C16H13.2ClH.Hf/c1-22(2,3)20-13-19(14-21(15-20)23(4,5)6)18-11-16-9-7-8-10-17(16)12-18;1-12-15-10-6-5-9-14(15)11-16(12)13-7-3-2-4-8-13;;;/h7-15H,1-6H3;2-10,12H,1H3;2*1H;/q2*-1;;;+4/p-2. The average Bonchev–Trinajstić information content (AvgIpc) is 3.50. The third-order valence-corrected chi connectivity index (χ3v) is 7.83. The number of benzene rings is 4. The zero-order valence-electron chi connectivity index (χ0n) is 25.7. The molecule has 0 nitrogen and oxygen atoms in total. The first kappa shape index (κ1) is 35.9. The van der Waals surface area contributed by atoms with Gasteiger partial charge in [-0.05, 0) is 27.9 Å². The van der Waals surface area contributed by atoms with Crippen LogP contribution < -0.4 is 24.8 Å². The summed E-state index contributed by atoms with van der Waals surface area (Å²) in [5, 5.41) is 2.64. The Bertz CT molecular complexity index is 1560. The van der Waals surface area contributed by atoms with E-state index in [2.05, 4.69) is 164 Å². The second kappa shape index (κ2) is 14.4. The fourth-order valence-corrected chi connectivity index (χ4v) is 5.31. The summed E-state index contributed by atoms with van der Waals surface area (Å²) in [5.74, 6) is 0.457. The van der Waals surface area contributed by atoms with Crippen LogP contribution in [0.4, 0.5) is 0 Å². The molecule has 0 aromatic heterocycles. The third kappa shape index (κ3) is 7.98. The van der Waals surface area contributed by atoms with E-state index in [9.17, 15) is 0 Å². The predicted molar refractivity (Wildman–Crippen MR) is 169 cm³/mol. The minimum absolute atomic E-state index is 0. The second-order valence-corrected chi connectivity index (χ2v) is 12.9. The SMILES string of the molecule is CC(C)(C)c1cc(-c2cc3ccccc3[cH-]2)cc(C(C)(C)C)c1.CC1C(c2ccccc2)=[C-]c2ccccc21.[Cl-].[Cl-].[Hf+4]. The summed E-state index contributed by atoms with van der Waals surface area (Å²) in [5.41, 5.74) is 11.0. The smallest absolute Gasteiger partial charge is 1.00 e. The Morgan fingerprint density at radius 3 is 1.74 bits per heavy atom. The molecule has 1 atom stereocenters. The van der Waals surface area contributed by atoms with Gasteiger partial charge in [-0.3, -0.25) is 0 Å². The Hall–Kier alpha value is -2.32. The number of fused-ring (bicyclic) bond motifs is 2. The molecule has 0 amide bonds. The van der Waals surface area contributed by atoms with E-state index in [1.165, 1.54) is 55.3 Å². The maximum absolute atomic E-state index is 3.52.